The Balaban J connectivity index is 1.93. The number of ether oxygens (including phenoxy) is 2. The van der Waals surface area contributed by atoms with Gasteiger partial charge in [0.05, 0.1) is 12.8 Å². The second kappa shape index (κ2) is 10.3. The van der Waals surface area contributed by atoms with Crippen LogP contribution in [0.4, 0.5) is 0 Å². The van der Waals surface area contributed by atoms with Crippen molar-refractivity contribution < 1.29 is 27.9 Å². The highest BCUT2D eigenvalue weighted by molar-refractivity contribution is 7.90. The Hall–Kier alpha value is -2.73. The molecule has 0 aliphatic carbocycles. The van der Waals surface area contributed by atoms with Crippen LogP contribution in [0.15, 0.2) is 56.9 Å². The van der Waals surface area contributed by atoms with E-state index in [9.17, 15) is 18.5 Å². The van der Waals surface area contributed by atoms with Crippen LogP contribution in [-0.4, -0.2) is 69.5 Å². The molecule has 0 saturated heterocycles. The van der Waals surface area contributed by atoms with E-state index < -0.39 is 17.1 Å². The summed E-state index contributed by atoms with van der Waals surface area (Å²) in [5.41, 5.74) is 1.36. The van der Waals surface area contributed by atoms with Gasteiger partial charge in [-0.1, -0.05) is 38.1 Å². The first-order chi connectivity index (χ1) is 15.2. The Bertz CT molecular complexity index is 1120. The molecule has 0 aromatic heterocycles. The molecule has 9 nitrogen and oxygen atoms in total. The van der Waals surface area contributed by atoms with Gasteiger partial charge in [0.25, 0.3) is 10.0 Å². The summed E-state index contributed by atoms with van der Waals surface area (Å²) in [7, 11) is -3.91. The molecule has 11 heteroatoms. The van der Waals surface area contributed by atoms with Gasteiger partial charge in [-0.2, -0.15) is 13.5 Å². The first-order valence-corrected chi connectivity index (χ1v) is 11.5. The van der Waals surface area contributed by atoms with Gasteiger partial charge in [-0.25, -0.2) is 5.01 Å². The van der Waals surface area contributed by atoms with Gasteiger partial charge in [-0.3, -0.25) is 0 Å². The topological polar surface area (TPSA) is 121 Å². The normalized spacial score (nSPS) is 14.5. The number of hydrazone groups is 1. The fourth-order valence-electron chi connectivity index (χ4n) is 3.15. The van der Waals surface area contributed by atoms with Crippen LogP contribution in [0.5, 0.6) is 5.75 Å². The van der Waals surface area contributed by atoms with E-state index in [-0.39, 0.29) is 28.7 Å². The highest BCUT2D eigenvalue weighted by atomic mass is 32.2. The molecule has 3 rings (SSSR count). The van der Waals surface area contributed by atoms with Crippen LogP contribution in [0.1, 0.15) is 25.0 Å². The summed E-state index contributed by atoms with van der Waals surface area (Å²) in [6, 6.07) is 11.5. The number of sulfonamides is 1. The van der Waals surface area contributed by atoms with Crippen molar-refractivity contribution in [1.82, 2.24) is 5.01 Å². The molecule has 0 spiro atoms. The first kappa shape index (κ1) is 23.9. The summed E-state index contributed by atoms with van der Waals surface area (Å²) < 4.78 is 39.4. The van der Waals surface area contributed by atoms with E-state index in [1.54, 1.807) is 48.7 Å². The number of fused-ring (bicyclic) bond motifs is 1. The predicted octanol–water partition coefficient (Wildman–Crippen LogP) is 0.833. The third-order valence-corrected chi connectivity index (χ3v) is 5.93. The summed E-state index contributed by atoms with van der Waals surface area (Å²) >= 11 is 0. The Morgan fingerprint density at radius 3 is 2.62 bits per heavy atom. The molecule has 0 amide bonds. The lowest BCUT2D eigenvalue weighted by Crippen LogP contribution is -2.32. The fraction of sp³-hybridized carbons (Fsp3) is 0.333. The molecule has 0 unspecified atom stereocenters. The molecule has 0 bridgehead atoms. The smallest absolute Gasteiger partial charge is 0.492 e. The van der Waals surface area contributed by atoms with E-state index in [2.05, 4.69) is 9.50 Å². The van der Waals surface area contributed by atoms with E-state index in [0.29, 0.717) is 30.0 Å². The summed E-state index contributed by atoms with van der Waals surface area (Å²) in [6.45, 7) is 5.02. The number of hydrogen-bond donors (Lipinski definition) is 2. The minimum Gasteiger partial charge on any atom is -0.492 e. The number of nitrogens with zero attached hydrogens (tertiary/aromatic N) is 3. The third kappa shape index (κ3) is 5.54. The van der Waals surface area contributed by atoms with Crippen LogP contribution < -0.4 is 10.2 Å². The molecule has 32 heavy (non-hydrogen) atoms. The molecule has 0 atom stereocenters. The average Bonchev–Trinajstić information content (AvgIpc) is 3.02. The van der Waals surface area contributed by atoms with Gasteiger partial charge in [0.15, 0.2) is 5.84 Å². The zero-order valence-electron chi connectivity index (χ0n) is 18.2. The zero-order chi connectivity index (χ0) is 23.3. The van der Waals surface area contributed by atoms with Crippen molar-refractivity contribution in [3.8, 4) is 5.75 Å². The molecule has 1 aliphatic rings. The maximum atomic E-state index is 12.5. The molecule has 2 aromatic rings. The van der Waals surface area contributed by atoms with Crippen molar-refractivity contribution in [2.45, 2.75) is 18.7 Å². The van der Waals surface area contributed by atoms with Crippen molar-refractivity contribution in [3.63, 3.8) is 0 Å². The zero-order valence-corrected chi connectivity index (χ0v) is 19.0. The predicted molar refractivity (Wildman–Crippen MR) is 123 cm³/mol. The highest BCUT2D eigenvalue weighted by Gasteiger charge is 2.31. The fourth-order valence-corrected chi connectivity index (χ4v) is 4.36. The van der Waals surface area contributed by atoms with Gasteiger partial charge in [0, 0.05) is 24.7 Å². The molecular weight excluding hydrogens is 433 g/mol. The van der Waals surface area contributed by atoms with Gasteiger partial charge in [0.1, 0.15) is 17.3 Å². The molecule has 170 valence electrons. The van der Waals surface area contributed by atoms with Crippen LogP contribution >= 0.6 is 0 Å². The summed E-state index contributed by atoms with van der Waals surface area (Å²) in [5.74, 6) is 0.747. The lowest BCUT2D eigenvalue weighted by molar-refractivity contribution is 0.146. The van der Waals surface area contributed by atoms with E-state index in [4.69, 9.17) is 9.47 Å². The van der Waals surface area contributed by atoms with Crippen LogP contribution in [0, 0.1) is 5.92 Å². The Labute approximate surface area is 188 Å². The number of rotatable bonds is 9. The van der Waals surface area contributed by atoms with E-state index in [1.807, 2.05) is 13.8 Å². The van der Waals surface area contributed by atoms with E-state index in [0.717, 1.165) is 0 Å². The molecule has 2 aromatic carbocycles. The molecule has 1 aliphatic heterocycles. The van der Waals surface area contributed by atoms with Crippen molar-refractivity contribution in [2.75, 3.05) is 26.9 Å². The number of amidine groups is 1. The van der Waals surface area contributed by atoms with Gasteiger partial charge >= 0.3 is 7.12 Å². The molecule has 0 radical (unpaired) electrons. The van der Waals surface area contributed by atoms with Crippen LogP contribution in [0.2, 0.25) is 0 Å². The molecule has 0 fully saturated rings. The molecular formula is C21H26BN3O6S. The molecule has 0 saturated carbocycles. The lowest BCUT2D eigenvalue weighted by atomic mass is 9.79. The SMILES string of the molecule is COCCOc1cc(/C=N/N(CC(C)C)C2=NS(=O)(=O)c3ccccc32)ccc1B(O)O. The monoisotopic (exact) mass is 459 g/mol. The summed E-state index contributed by atoms with van der Waals surface area (Å²) in [5, 5.41) is 25.2. The largest absolute Gasteiger partial charge is 0.492 e. The standard InChI is InChI=1S/C21H26BN3O6S/c1-15(2)14-25(21-17-6-4-5-7-20(17)32(28,29)24-21)23-13-16-8-9-18(22(26)27)19(12-16)31-11-10-30-3/h4-9,12-13,15,26-27H,10-11,14H2,1-3H3/b23-13+. The second-order valence-corrected chi connectivity index (χ2v) is 9.19. The van der Waals surface area contributed by atoms with Gasteiger partial charge < -0.3 is 19.5 Å². The minimum absolute atomic E-state index is 0.161. The van der Waals surface area contributed by atoms with Gasteiger partial charge in [0.2, 0.25) is 0 Å². The molecule has 2 N–H and O–H groups in total. The van der Waals surface area contributed by atoms with E-state index >= 15 is 0 Å². The Morgan fingerprint density at radius 1 is 1.19 bits per heavy atom. The van der Waals surface area contributed by atoms with Gasteiger partial charge in [-0.15, -0.1) is 4.40 Å². The minimum atomic E-state index is -3.77. The van der Waals surface area contributed by atoms with Gasteiger partial charge in [-0.05, 0) is 29.7 Å². The summed E-state index contributed by atoms with van der Waals surface area (Å²) in [4.78, 5) is 0.161. The number of hydrogen-bond acceptors (Lipinski definition) is 8. The number of benzene rings is 2. The van der Waals surface area contributed by atoms with Crippen molar-refractivity contribution in [3.05, 3.63) is 53.6 Å². The number of methoxy groups -OCH3 is 1. The average molecular weight is 459 g/mol. The van der Waals surface area contributed by atoms with Crippen molar-refractivity contribution >= 4 is 34.7 Å². The van der Waals surface area contributed by atoms with Crippen molar-refractivity contribution in [2.24, 2.45) is 15.4 Å². The maximum absolute atomic E-state index is 12.5. The Kier molecular flexibility index (Phi) is 7.67. The molecule has 1 heterocycles. The summed E-state index contributed by atoms with van der Waals surface area (Å²) in [6.07, 6.45) is 1.55. The Morgan fingerprint density at radius 2 is 1.94 bits per heavy atom. The maximum Gasteiger partial charge on any atom is 0.492 e. The lowest BCUT2D eigenvalue weighted by Gasteiger charge is -2.21. The quantitative estimate of drug-likeness (QED) is 0.247. The third-order valence-electron chi connectivity index (χ3n) is 4.60. The van der Waals surface area contributed by atoms with Crippen molar-refractivity contribution in [1.29, 1.82) is 0 Å². The second-order valence-electron chi connectivity index (χ2n) is 7.62. The van der Waals surface area contributed by atoms with Crippen LogP contribution in [-0.2, 0) is 14.8 Å². The van der Waals surface area contributed by atoms with E-state index in [1.165, 1.54) is 12.1 Å². The van der Waals surface area contributed by atoms with Crippen LogP contribution in [0.3, 0.4) is 0 Å². The first-order valence-electron chi connectivity index (χ1n) is 10.1. The highest BCUT2D eigenvalue weighted by Crippen LogP contribution is 2.28. The van der Waals surface area contributed by atoms with Crippen LogP contribution in [0.25, 0.3) is 0 Å².